The lowest BCUT2D eigenvalue weighted by molar-refractivity contribution is -0.127. The molecule has 1 saturated carbocycles. The fourth-order valence-electron chi connectivity index (χ4n) is 2.29. The average Bonchev–Trinajstić information content (AvgIpc) is 3.42. The molecule has 1 aromatic carbocycles. The van der Waals surface area contributed by atoms with Gasteiger partial charge in [-0.3, -0.25) is 4.79 Å². The first kappa shape index (κ1) is 20.0. The lowest BCUT2D eigenvalue weighted by Crippen LogP contribution is -2.39. The standard InChI is InChI=1S/C19H29FN4O2/c1-5-21-19(22-11-18(25)24(3)4)23-13(2)15-8-9-17(16(20)10-15)26-12-14-6-7-14/h8-10,13-14H,5-7,11-12H2,1-4H3,(H2,21,22,23). The van der Waals surface area contributed by atoms with E-state index < -0.39 is 0 Å². The van der Waals surface area contributed by atoms with E-state index >= 15 is 0 Å². The van der Waals surface area contributed by atoms with Crippen LogP contribution in [-0.2, 0) is 4.79 Å². The maximum absolute atomic E-state index is 14.3. The Morgan fingerprint density at radius 1 is 1.42 bits per heavy atom. The van der Waals surface area contributed by atoms with Crippen molar-refractivity contribution < 1.29 is 13.9 Å². The fraction of sp³-hybridized carbons (Fsp3) is 0.579. The van der Waals surface area contributed by atoms with Gasteiger partial charge in [-0.2, -0.15) is 0 Å². The normalized spacial score (nSPS) is 15.3. The summed E-state index contributed by atoms with van der Waals surface area (Å²) < 4.78 is 19.8. The molecule has 0 aromatic heterocycles. The molecule has 1 aliphatic rings. The monoisotopic (exact) mass is 364 g/mol. The van der Waals surface area contributed by atoms with E-state index in [9.17, 15) is 9.18 Å². The van der Waals surface area contributed by atoms with Gasteiger partial charge < -0.3 is 20.3 Å². The third kappa shape index (κ3) is 6.20. The van der Waals surface area contributed by atoms with Gasteiger partial charge in [-0.15, -0.1) is 0 Å². The zero-order chi connectivity index (χ0) is 19.1. The lowest BCUT2D eigenvalue weighted by atomic mass is 10.1. The molecule has 0 saturated heterocycles. The van der Waals surface area contributed by atoms with Gasteiger partial charge in [-0.05, 0) is 50.3 Å². The van der Waals surface area contributed by atoms with E-state index in [2.05, 4.69) is 15.6 Å². The summed E-state index contributed by atoms with van der Waals surface area (Å²) in [5, 5.41) is 6.29. The Bertz CT molecular complexity index is 644. The Hall–Kier alpha value is -2.31. The highest BCUT2D eigenvalue weighted by Gasteiger charge is 2.22. The third-order valence-electron chi connectivity index (χ3n) is 4.20. The van der Waals surface area contributed by atoms with E-state index in [1.54, 1.807) is 20.2 Å². The molecule has 2 rings (SSSR count). The van der Waals surface area contributed by atoms with Crippen molar-refractivity contribution >= 4 is 11.9 Å². The van der Waals surface area contributed by atoms with E-state index in [4.69, 9.17) is 4.74 Å². The zero-order valence-corrected chi connectivity index (χ0v) is 16.0. The molecule has 0 aliphatic heterocycles. The van der Waals surface area contributed by atoms with Crippen molar-refractivity contribution in [1.29, 1.82) is 0 Å². The molecule has 0 bridgehead atoms. The van der Waals surface area contributed by atoms with Gasteiger partial charge in [0.1, 0.15) is 6.54 Å². The molecule has 1 amide bonds. The summed E-state index contributed by atoms with van der Waals surface area (Å²) in [7, 11) is 3.38. The molecule has 7 heteroatoms. The maximum atomic E-state index is 14.3. The van der Waals surface area contributed by atoms with Gasteiger partial charge >= 0.3 is 0 Å². The molecule has 0 heterocycles. The molecule has 26 heavy (non-hydrogen) atoms. The Kier molecular flexibility index (Phi) is 7.24. The largest absolute Gasteiger partial charge is 0.490 e. The lowest BCUT2D eigenvalue weighted by Gasteiger charge is -2.19. The van der Waals surface area contributed by atoms with E-state index in [-0.39, 0.29) is 24.3 Å². The number of benzene rings is 1. The Balaban J connectivity index is 1.98. The summed E-state index contributed by atoms with van der Waals surface area (Å²) in [6.07, 6.45) is 2.34. The minimum absolute atomic E-state index is 0.0529. The molecule has 144 valence electrons. The molecule has 1 fully saturated rings. The quantitative estimate of drug-likeness (QED) is 0.549. The number of amides is 1. The molecule has 1 aromatic rings. The van der Waals surface area contributed by atoms with E-state index in [0.717, 1.165) is 5.56 Å². The number of nitrogens with one attached hydrogen (secondary N) is 2. The highest BCUT2D eigenvalue weighted by molar-refractivity contribution is 5.85. The van der Waals surface area contributed by atoms with Gasteiger partial charge in [-0.25, -0.2) is 9.38 Å². The van der Waals surface area contributed by atoms with E-state index in [0.29, 0.717) is 30.8 Å². The van der Waals surface area contributed by atoms with E-state index in [1.165, 1.54) is 23.8 Å². The first-order valence-electron chi connectivity index (χ1n) is 9.08. The van der Waals surface area contributed by atoms with Crippen LogP contribution < -0.4 is 15.4 Å². The molecule has 1 atom stereocenters. The second-order valence-corrected chi connectivity index (χ2v) is 6.79. The smallest absolute Gasteiger partial charge is 0.243 e. The summed E-state index contributed by atoms with van der Waals surface area (Å²) in [4.78, 5) is 17.5. The molecule has 6 nitrogen and oxygen atoms in total. The zero-order valence-electron chi connectivity index (χ0n) is 16.0. The number of nitrogens with zero attached hydrogens (tertiary/aromatic N) is 2. The summed E-state index contributed by atoms with van der Waals surface area (Å²) in [6, 6.07) is 4.82. The number of halogens is 1. The van der Waals surface area contributed by atoms with Crippen molar-refractivity contribution in [2.24, 2.45) is 10.9 Å². The molecular formula is C19H29FN4O2. The highest BCUT2D eigenvalue weighted by Crippen LogP contribution is 2.30. The van der Waals surface area contributed by atoms with Gasteiger partial charge in [-0.1, -0.05) is 6.07 Å². The molecular weight excluding hydrogens is 335 g/mol. The summed E-state index contributed by atoms with van der Waals surface area (Å²) in [5.41, 5.74) is 0.783. The SMILES string of the molecule is CCNC(=NCC(=O)N(C)C)NC(C)c1ccc(OCC2CC2)c(F)c1. The molecule has 1 unspecified atom stereocenters. The third-order valence-corrected chi connectivity index (χ3v) is 4.20. The minimum Gasteiger partial charge on any atom is -0.490 e. The number of aliphatic imine (C=N–C) groups is 1. The van der Waals surface area contributed by atoms with Gasteiger partial charge in [0.15, 0.2) is 17.5 Å². The Morgan fingerprint density at radius 3 is 2.73 bits per heavy atom. The first-order chi connectivity index (χ1) is 12.4. The van der Waals surface area contributed by atoms with Gasteiger partial charge in [0.25, 0.3) is 0 Å². The van der Waals surface area contributed by atoms with Crippen LogP contribution in [0.1, 0.15) is 38.3 Å². The number of guanidine groups is 1. The van der Waals surface area contributed by atoms with E-state index in [1.807, 2.05) is 19.9 Å². The van der Waals surface area contributed by atoms with Gasteiger partial charge in [0.05, 0.1) is 12.6 Å². The van der Waals surface area contributed by atoms with Crippen molar-refractivity contribution in [2.45, 2.75) is 32.7 Å². The van der Waals surface area contributed by atoms with Gasteiger partial charge in [0, 0.05) is 20.6 Å². The predicted molar refractivity (Wildman–Crippen MR) is 101 cm³/mol. The number of hydrogen-bond donors (Lipinski definition) is 2. The van der Waals surface area contributed by atoms with Crippen LogP contribution in [0.3, 0.4) is 0 Å². The van der Waals surface area contributed by atoms with Crippen molar-refractivity contribution in [3.8, 4) is 5.75 Å². The highest BCUT2D eigenvalue weighted by atomic mass is 19.1. The Morgan fingerprint density at radius 2 is 2.15 bits per heavy atom. The van der Waals surface area contributed by atoms with Crippen LogP contribution in [0.15, 0.2) is 23.2 Å². The van der Waals surface area contributed by atoms with Gasteiger partial charge in [0.2, 0.25) is 5.91 Å². The molecule has 2 N–H and O–H groups in total. The fourth-order valence-corrected chi connectivity index (χ4v) is 2.29. The number of hydrogen-bond acceptors (Lipinski definition) is 3. The summed E-state index contributed by atoms with van der Waals surface area (Å²) in [5.74, 6) is 0.952. The van der Waals surface area contributed by atoms with Crippen molar-refractivity contribution in [3.63, 3.8) is 0 Å². The van der Waals surface area contributed by atoms with Crippen LogP contribution in [0.25, 0.3) is 0 Å². The van der Waals surface area contributed by atoms with Crippen LogP contribution in [0, 0.1) is 11.7 Å². The maximum Gasteiger partial charge on any atom is 0.243 e. The topological polar surface area (TPSA) is 66.0 Å². The van der Waals surface area contributed by atoms with Crippen LogP contribution in [0.4, 0.5) is 4.39 Å². The van der Waals surface area contributed by atoms with Crippen molar-refractivity contribution in [2.75, 3.05) is 33.8 Å². The first-order valence-corrected chi connectivity index (χ1v) is 9.08. The van der Waals surface area contributed by atoms with Crippen LogP contribution >= 0.6 is 0 Å². The number of carbonyl (C=O) groups excluding carboxylic acids is 1. The van der Waals surface area contributed by atoms with Crippen molar-refractivity contribution in [1.82, 2.24) is 15.5 Å². The predicted octanol–water partition coefficient (Wildman–Crippen LogP) is 2.32. The average molecular weight is 364 g/mol. The van der Waals surface area contributed by atoms with Crippen LogP contribution in [-0.4, -0.2) is 50.6 Å². The van der Waals surface area contributed by atoms with Crippen LogP contribution in [0.2, 0.25) is 0 Å². The number of ether oxygens (including phenoxy) is 1. The number of rotatable bonds is 8. The van der Waals surface area contributed by atoms with Crippen LogP contribution in [0.5, 0.6) is 5.75 Å². The Labute approximate surface area is 154 Å². The second kappa shape index (κ2) is 9.40. The second-order valence-electron chi connectivity index (χ2n) is 6.79. The molecule has 0 radical (unpaired) electrons. The summed E-state index contributed by atoms with van der Waals surface area (Å²) in [6.45, 7) is 5.16. The minimum atomic E-state index is -0.360. The van der Waals surface area contributed by atoms with Crippen molar-refractivity contribution in [3.05, 3.63) is 29.6 Å². The summed E-state index contributed by atoms with van der Waals surface area (Å²) >= 11 is 0. The number of carbonyl (C=O) groups is 1. The molecule has 1 aliphatic carbocycles. The number of likely N-dealkylation sites (N-methyl/N-ethyl adjacent to an activating group) is 1. The molecule has 0 spiro atoms.